The Labute approximate surface area is 139 Å². The lowest BCUT2D eigenvalue weighted by atomic mass is 9.83. The number of carbonyl (C=O) groups is 1. The number of amides is 1. The van der Waals surface area contributed by atoms with Gasteiger partial charge in [-0.05, 0) is 30.9 Å². The van der Waals surface area contributed by atoms with E-state index in [0.717, 1.165) is 10.8 Å². The molecule has 122 valence electrons. The smallest absolute Gasteiger partial charge is 0.267 e. The maximum atomic E-state index is 11.2. The molecule has 0 spiro atoms. The van der Waals surface area contributed by atoms with Crippen LogP contribution in [0, 0.1) is 5.92 Å². The van der Waals surface area contributed by atoms with Crippen molar-refractivity contribution in [2.75, 3.05) is 5.32 Å². The number of hydrogen-bond acceptors (Lipinski definition) is 6. The van der Waals surface area contributed by atoms with Crippen molar-refractivity contribution in [3.05, 3.63) is 35.0 Å². The van der Waals surface area contributed by atoms with E-state index in [9.17, 15) is 4.79 Å². The molecule has 23 heavy (non-hydrogen) atoms. The van der Waals surface area contributed by atoms with Crippen molar-refractivity contribution in [1.29, 1.82) is 0 Å². The zero-order valence-corrected chi connectivity index (χ0v) is 13.7. The summed E-state index contributed by atoms with van der Waals surface area (Å²) in [5.41, 5.74) is 12.8. The Morgan fingerprint density at radius 1 is 1.26 bits per heavy atom. The number of rotatable bonds is 5. The number of primary amides is 1. The van der Waals surface area contributed by atoms with Gasteiger partial charge in [-0.25, -0.2) is 9.97 Å². The zero-order valence-electron chi connectivity index (χ0n) is 12.9. The van der Waals surface area contributed by atoms with Gasteiger partial charge in [-0.2, -0.15) is 0 Å². The maximum Gasteiger partial charge on any atom is 0.267 e. The fraction of sp³-hybridized carbons (Fsp3) is 0.438. The molecule has 1 atom stereocenters. The zero-order chi connectivity index (χ0) is 16.2. The van der Waals surface area contributed by atoms with Crippen LogP contribution in [0.5, 0.6) is 0 Å². The summed E-state index contributed by atoms with van der Waals surface area (Å²) >= 11 is 1.49. The van der Waals surface area contributed by atoms with Crippen LogP contribution in [0.3, 0.4) is 0 Å². The Morgan fingerprint density at radius 2 is 2.04 bits per heavy atom. The van der Waals surface area contributed by atoms with Crippen LogP contribution in [0.2, 0.25) is 0 Å². The van der Waals surface area contributed by atoms with Gasteiger partial charge >= 0.3 is 0 Å². The van der Waals surface area contributed by atoms with E-state index in [2.05, 4.69) is 15.3 Å². The van der Waals surface area contributed by atoms with Crippen molar-refractivity contribution in [3.63, 3.8) is 0 Å². The third-order valence-electron chi connectivity index (χ3n) is 4.26. The van der Waals surface area contributed by atoms with E-state index in [4.69, 9.17) is 11.5 Å². The van der Waals surface area contributed by atoms with Gasteiger partial charge in [0, 0.05) is 5.38 Å². The minimum absolute atomic E-state index is 0.00740. The summed E-state index contributed by atoms with van der Waals surface area (Å²) < 4.78 is 0. The molecule has 7 heteroatoms. The van der Waals surface area contributed by atoms with Crippen molar-refractivity contribution < 1.29 is 4.79 Å². The third-order valence-corrected chi connectivity index (χ3v) is 5.03. The van der Waals surface area contributed by atoms with Crippen LogP contribution in [0.4, 0.5) is 10.9 Å². The van der Waals surface area contributed by atoms with Crippen molar-refractivity contribution in [2.45, 2.75) is 38.1 Å². The summed E-state index contributed by atoms with van der Waals surface area (Å²) in [4.78, 5) is 19.9. The lowest BCUT2D eigenvalue weighted by Gasteiger charge is -2.26. The largest absolute Gasteiger partial charge is 0.364 e. The van der Waals surface area contributed by atoms with Gasteiger partial charge in [0.15, 0.2) is 5.13 Å². The molecule has 2 heterocycles. The monoisotopic (exact) mass is 331 g/mol. The van der Waals surface area contributed by atoms with E-state index in [1.807, 2.05) is 5.38 Å². The first kappa shape index (κ1) is 15.9. The number of thiazole rings is 1. The van der Waals surface area contributed by atoms with Gasteiger partial charge in [0.25, 0.3) is 5.91 Å². The van der Waals surface area contributed by atoms with Crippen LogP contribution < -0.4 is 16.8 Å². The summed E-state index contributed by atoms with van der Waals surface area (Å²) in [6.07, 6.45) is 6.21. The predicted molar refractivity (Wildman–Crippen MR) is 91.7 cm³/mol. The van der Waals surface area contributed by atoms with Crippen LogP contribution >= 0.6 is 11.3 Å². The second-order valence-corrected chi connectivity index (χ2v) is 6.76. The van der Waals surface area contributed by atoms with E-state index >= 15 is 0 Å². The lowest BCUT2D eigenvalue weighted by molar-refractivity contribution is 0.0995. The molecule has 0 saturated heterocycles. The first-order chi connectivity index (χ1) is 11.1. The van der Waals surface area contributed by atoms with Gasteiger partial charge in [-0.3, -0.25) is 4.79 Å². The molecule has 1 fully saturated rings. The highest BCUT2D eigenvalue weighted by atomic mass is 32.1. The molecule has 3 rings (SSSR count). The normalized spacial score (nSPS) is 16.9. The van der Waals surface area contributed by atoms with E-state index in [-0.39, 0.29) is 11.7 Å². The number of pyridine rings is 1. The van der Waals surface area contributed by atoms with Gasteiger partial charge in [0.1, 0.15) is 11.5 Å². The Hall–Kier alpha value is -1.99. The molecule has 6 nitrogen and oxygen atoms in total. The van der Waals surface area contributed by atoms with E-state index in [0.29, 0.717) is 11.7 Å². The highest BCUT2D eigenvalue weighted by Gasteiger charge is 2.23. The summed E-state index contributed by atoms with van der Waals surface area (Å²) in [6.45, 7) is 0. The van der Waals surface area contributed by atoms with Gasteiger partial charge in [-0.15, -0.1) is 11.3 Å². The molecule has 0 bridgehead atoms. The van der Waals surface area contributed by atoms with Crippen molar-refractivity contribution in [1.82, 2.24) is 9.97 Å². The van der Waals surface area contributed by atoms with Crippen LogP contribution in [0.25, 0.3) is 0 Å². The average Bonchev–Trinajstić information content (AvgIpc) is 3.03. The first-order valence-corrected chi connectivity index (χ1v) is 8.76. The maximum absolute atomic E-state index is 11.2. The summed E-state index contributed by atoms with van der Waals surface area (Å²) in [5.74, 6) is 0.524. The van der Waals surface area contributed by atoms with Gasteiger partial charge in [-0.1, -0.05) is 25.3 Å². The summed E-state index contributed by atoms with van der Waals surface area (Å²) in [7, 11) is 0. The first-order valence-electron chi connectivity index (χ1n) is 7.88. The van der Waals surface area contributed by atoms with Crippen LogP contribution in [-0.2, 0) is 0 Å². The van der Waals surface area contributed by atoms with Crippen LogP contribution in [0.1, 0.15) is 54.3 Å². The Kier molecular flexibility index (Phi) is 4.88. The van der Waals surface area contributed by atoms with Crippen molar-refractivity contribution in [3.8, 4) is 0 Å². The average molecular weight is 331 g/mol. The topological polar surface area (TPSA) is 107 Å². The SMILES string of the molecule is NC(=O)c1cccc(Nc2nc(C(N)C3CCCCC3)cs2)n1. The third kappa shape index (κ3) is 3.86. The molecular weight excluding hydrogens is 310 g/mol. The second kappa shape index (κ2) is 7.06. The predicted octanol–water partition coefficient (Wildman–Crippen LogP) is 2.96. The molecule has 0 aromatic carbocycles. The fourth-order valence-corrected chi connectivity index (χ4v) is 3.75. The molecular formula is C16H21N5OS. The van der Waals surface area contributed by atoms with E-state index in [1.165, 1.54) is 43.4 Å². The summed E-state index contributed by atoms with van der Waals surface area (Å²) in [6, 6.07) is 5.08. The number of nitrogens with one attached hydrogen (secondary N) is 1. The van der Waals surface area contributed by atoms with Gasteiger partial charge < -0.3 is 16.8 Å². The second-order valence-electron chi connectivity index (χ2n) is 5.90. The van der Waals surface area contributed by atoms with Gasteiger partial charge in [0.05, 0.1) is 11.7 Å². The Morgan fingerprint density at radius 3 is 2.78 bits per heavy atom. The standard InChI is InChI=1S/C16H21N5OS/c17-14(10-5-2-1-3-6-10)12-9-23-16(20-12)21-13-8-4-7-11(19-13)15(18)22/h4,7-10,14H,1-3,5-6,17H2,(H2,18,22)(H,19,20,21). The van der Waals surface area contributed by atoms with Crippen molar-refractivity contribution >= 4 is 28.2 Å². The van der Waals surface area contributed by atoms with E-state index in [1.54, 1.807) is 18.2 Å². The molecule has 2 aromatic rings. The fourth-order valence-electron chi connectivity index (χ4n) is 2.98. The molecule has 0 aliphatic heterocycles. The summed E-state index contributed by atoms with van der Waals surface area (Å²) in [5, 5.41) is 5.83. The Bertz CT molecular complexity index is 681. The molecule has 2 aromatic heterocycles. The van der Waals surface area contributed by atoms with Crippen LogP contribution in [-0.4, -0.2) is 15.9 Å². The number of hydrogen-bond donors (Lipinski definition) is 3. The lowest BCUT2D eigenvalue weighted by Crippen LogP contribution is -2.23. The van der Waals surface area contributed by atoms with Gasteiger partial charge in [0.2, 0.25) is 0 Å². The molecule has 1 aliphatic rings. The molecule has 1 unspecified atom stereocenters. The molecule has 1 aliphatic carbocycles. The van der Waals surface area contributed by atoms with E-state index < -0.39 is 5.91 Å². The number of nitrogens with two attached hydrogens (primary N) is 2. The molecule has 0 radical (unpaired) electrons. The number of anilines is 2. The minimum Gasteiger partial charge on any atom is -0.364 e. The highest BCUT2D eigenvalue weighted by molar-refractivity contribution is 7.13. The number of aromatic nitrogens is 2. The quantitative estimate of drug-likeness (QED) is 0.781. The minimum atomic E-state index is -0.548. The number of nitrogens with zero attached hydrogens (tertiary/aromatic N) is 2. The van der Waals surface area contributed by atoms with Crippen LogP contribution in [0.15, 0.2) is 23.6 Å². The highest BCUT2D eigenvalue weighted by Crippen LogP contribution is 2.34. The molecule has 1 amide bonds. The molecule has 1 saturated carbocycles. The molecule has 5 N–H and O–H groups in total. The van der Waals surface area contributed by atoms with Crippen molar-refractivity contribution in [2.24, 2.45) is 17.4 Å². The Balaban J connectivity index is 1.69. The number of carbonyl (C=O) groups excluding carboxylic acids is 1.